The van der Waals surface area contributed by atoms with Crippen molar-refractivity contribution in [2.75, 3.05) is 4.90 Å². The second-order valence-electron chi connectivity index (χ2n) is 8.26. The SMILES string of the molecule is O=C(c1ccccc1)C1C2C(=O)N(c3cccc4ccccc34)C(=O)C2C2C=CC=NN21. The molecule has 6 rings (SSSR count). The number of carbonyl (C=O) groups is 3. The van der Waals surface area contributed by atoms with Crippen LogP contribution < -0.4 is 4.90 Å². The van der Waals surface area contributed by atoms with Crippen LogP contribution in [0.5, 0.6) is 0 Å². The second kappa shape index (κ2) is 6.99. The number of Topliss-reactive ketones (excluding diaryl/α,β-unsaturated/α-hetero) is 1. The highest BCUT2D eigenvalue weighted by Gasteiger charge is 2.64. The summed E-state index contributed by atoms with van der Waals surface area (Å²) in [4.78, 5) is 42.3. The summed E-state index contributed by atoms with van der Waals surface area (Å²) < 4.78 is 0. The number of fused-ring (bicyclic) bond motifs is 4. The summed E-state index contributed by atoms with van der Waals surface area (Å²) in [6.07, 6.45) is 5.23. The fraction of sp³-hybridized carbons (Fsp3) is 0.154. The Bertz CT molecular complexity index is 1330. The molecule has 4 unspecified atom stereocenters. The number of hydrogen-bond acceptors (Lipinski definition) is 5. The lowest BCUT2D eigenvalue weighted by Crippen LogP contribution is -2.46. The molecule has 0 aromatic heterocycles. The van der Waals surface area contributed by atoms with Crippen molar-refractivity contribution in [1.82, 2.24) is 5.01 Å². The fourth-order valence-corrected chi connectivity index (χ4v) is 5.25. The molecule has 0 bridgehead atoms. The number of allylic oxidation sites excluding steroid dienone is 1. The Morgan fingerprint density at radius 1 is 0.812 bits per heavy atom. The van der Waals surface area contributed by atoms with Crippen molar-refractivity contribution in [3.8, 4) is 0 Å². The third-order valence-electron chi connectivity index (χ3n) is 6.63. The van der Waals surface area contributed by atoms with Crippen LogP contribution in [0.1, 0.15) is 10.4 Å². The van der Waals surface area contributed by atoms with E-state index in [1.54, 1.807) is 47.6 Å². The summed E-state index contributed by atoms with van der Waals surface area (Å²) in [5.41, 5.74) is 1.07. The molecular weight excluding hydrogens is 402 g/mol. The van der Waals surface area contributed by atoms with Crippen LogP contribution in [0.25, 0.3) is 10.8 Å². The minimum absolute atomic E-state index is 0.198. The van der Waals surface area contributed by atoms with Crippen LogP contribution in [0.3, 0.4) is 0 Å². The molecule has 2 amide bonds. The maximum absolute atomic E-state index is 13.8. The van der Waals surface area contributed by atoms with Crippen molar-refractivity contribution >= 4 is 40.3 Å². The first-order valence-corrected chi connectivity index (χ1v) is 10.6. The molecule has 4 atom stereocenters. The number of hydrazone groups is 1. The number of amides is 2. The molecule has 0 N–H and O–H groups in total. The van der Waals surface area contributed by atoms with Gasteiger partial charge in [0.25, 0.3) is 0 Å². The van der Waals surface area contributed by atoms with E-state index in [4.69, 9.17) is 0 Å². The third-order valence-corrected chi connectivity index (χ3v) is 6.63. The lowest BCUT2D eigenvalue weighted by atomic mass is 9.86. The largest absolute Gasteiger partial charge is 0.292 e. The first-order valence-electron chi connectivity index (χ1n) is 10.6. The van der Waals surface area contributed by atoms with Gasteiger partial charge in [0, 0.05) is 17.2 Å². The molecule has 0 saturated carbocycles. The Hall–Kier alpha value is -4.06. The number of rotatable bonds is 3. The Kier molecular flexibility index (Phi) is 4.08. The highest BCUT2D eigenvalue weighted by molar-refractivity contribution is 6.27. The zero-order valence-electron chi connectivity index (χ0n) is 17.0. The molecule has 32 heavy (non-hydrogen) atoms. The number of carbonyl (C=O) groups excluding carboxylic acids is 3. The van der Waals surface area contributed by atoms with Gasteiger partial charge in [-0.3, -0.25) is 19.4 Å². The van der Waals surface area contributed by atoms with E-state index in [-0.39, 0.29) is 17.6 Å². The number of ketones is 1. The molecule has 3 aliphatic rings. The highest BCUT2D eigenvalue weighted by Crippen LogP contribution is 2.47. The first-order chi connectivity index (χ1) is 15.7. The van der Waals surface area contributed by atoms with E-state index >= 15 is 0 Å². The van der Waals surface area contributed by atoms with Crippen molar-refractivity contribution < 1.29 is 14.4 Å². The van der Waals surface area contributed by atoms with Gasteiger partial charge in [-0.25, -0.2) is 4.90 Å². The average Bonchev–Trinajstić information content (AvgIpc) is 3.31. The van der Waals surface area contributed by atoms with E-state index in [9.17, 15) is 14.4 Å². The maximum atomic E-state index is 13.8. The van der Waals surface area contributed by atoms with Gasteiger partial charge >= 0.3 is 0 Å². The van der Waals surface area contributed by atoms with Gasteiger partial charge in [0.2, 0.25) is 11.8 Å². The molecule has 0 aliphatic carbocycles. The van der Waals surface area contributed by atoms with Crippen molar-refractivity contribution in [3.63, 3.8) is 0 Å². The van der Waals surface area contributed by atoms with E-state index < -0.39 is 23.9 Å². The van der Waals surface area contributed by atoms with Crippen molar-refractivity contribution in [2.45, 2.75) is 12.1 Å². The molecule has 0 radical (unpaired) electrons. The minimum atomic E-state index is -0.829. The van der Waals surface area contributed by atoms with E-state index in [2.05, 4.69) is 5.10 Å². The first kappa shape index (κ1) is 18.7. The van der Waals surface area contributed by atoms with E-state index in [1.807, 2.05) is 48.5 Å². The summed E-state index contributed by atoms with van der Waals surface area (Å²) in [5.74, 6) is -2.27. The molecular formula is C26H19N3O3. The van der Waals surface area contributed by atoms with Crippen LogP contribution >= 0.6 is 0 Å². The standard InChI is InChI=1S/C26H19N3O3/c30-24(17-9-2-1-3-10-17)23-22-21(20-14-7-15-27-29(20)23)25(31)28(26(22)32)19-13-6-11-16-8-4-5-12-18(16)19/h1-15,20-23H. The van der Waals surface area contributed by atoms with Crippen LogP contribution in [0.2, 0.25) is 0 Å². The second-order valence-corrected chi connectivity index (χ2v) is 8.26. The summed E-state index contributed by atoms with van der Waals surface area (Å²) in [7, 11) is 0. The number of hydrogen-bond donors (Lipinski definition) is 0. The molecule has 2 fully saturated rings. The molecule has 0 spiro atoms. The Balaban J connectivity index is 1.48. The summed E-state index contributed by atoms with van der Waals surface area (Å²) in [6, 6.07) is 20.9. The number of benzene rings is 3. The lowest BCUT2D eigenvalue weighted by molar-refractivity contribution is -0.123. The van der Waals surface area contributed by atoms with Crippen molar-refractivity contribution in [3.05, 3.63) is 90.5 Å². The molecule has 6 heteroatoms. The molecule has 156 valence electrons. The van der Waals surface area contributed by atoms with Crippen LogP contribution in [0, 0.1) is 11.8 Å². The van der Waals surface area contributed by atoms with Gasteiger partial charge in [0.15, 0.2) is 5.78 Å². The van der Waals surface area contributed by atoms with Crippen LogP contribution in [0.4, 0.5) is 5.69 Å². The smallest absolute Gasteiger partial charge is 0.240 e. The zero-order valence-corrected chi connectivity index (χ0v) is 17.0. The molecule has 3 aromatic carbocycles. The Morgan fingerprint density at radius 2 is 1.53 bits per heavy atom. The van der Waals surface area contributed by atoms with Gasteiger partial charge in [-0.1, -0.05) is 72.8 Å². The Morgan fingerprint density at radius 3 is 2.38 bits per heavy atom. The summed E-state index contributed by atoms with van der Waals surface area (Å²) >= 11 is 0. The number of nitrogens with zero attached hydrogens (tertiary/aromatic N) is 3. The lowest BCUT2D eigenvalue weighted by Gasteiger charge is -2.30. The number of imide groups is 1. The summed E-state index contributed by atoms with van der Waals surface area (Å²) in [6.45, 7) is 0. The van der Waals surface area contributed by atoms with Crippen LogP contribution in [0.15, 0.2) is 90.0 Å². The molecule has 3 aliphatic heterocycles. The van der Waals surface area contributed by atoms with Gasteiger partial charge in [-0.15, -0.1) is 0 Å². The van der Waals surface area contributed by atoms with Crippen molar-refractivity contribution in [1.29, 1.82) is 0 Å². The number of anilines is 1. The van der Waals surface area contributed by atoms with E-state index in [0.717, 1.165) is 10.8 Å². The van der Waals surface area contributed by atoms with Gasteiger partial charge in [-0.05, 0) is 17.5 Å². The quantitative estimate of drug-likeness (QED) is 0.480. The zero-order chi connectivity index (χ0) is 21.8. The third kappa shape index (κ3) is 2.52. The van der Waals surface area contributed by atoms with Gasteiger partial charge in [0.1, 0.15) is 6.04 Å². The topological polar surface area (TPSA) is 70.0 Å². The molecule has 3 heterocycles. The normalized spacial score (nSPS) is 26.0. The predicted molar refractivity (Wildman–Crippen MR) is 121 cm³/mol. The minimum Gasteiger partial charge on any atom is -0.292 e. The van der Waals surface area contributed by atoms with Crippen molar-refractivity contribution in [2.24, 2.45) is 16.9 Å². The van der Waals surface area contributed by atoms with Gasteiger partial charge in [0.05, 0.1) is 23.6 Å². The molecule has 6 nitrogen and oxygen atoms in total. The fourth-order valence-electron chi connectivity index (χ4n) is 5.25. The maximum Gasteiger partial charge on any atom is 0.240 e. The molecule has 2 saturated heterocycles. The van der Waals surface area contributed by atoms with Crippen LogP contribution in [-0.4, -0.2) is 40.9 Å². The monoisotopic (exact) mass is 421 g/mol. The van der Waals surface area contributed by atoms with E-state index in [0.29, 0.717) is 11.3 Å². The average molecular weight is 421 g/mol. The van der Waals surface area contributed by atoms with Gasteiger partial charge < -0.3 is 0 Å². The van der Waals surface area contributed by atoms with E-state index in [1.165, 1.54) is 4.90 Å². The Labute approximate surface area is 184 Å². The summed E-state index contributed by atoms with van der Waals surface area (Å²) in [5, 5.41) is 7.81. The van der Waals surface area contributed by atoms with Gasteiger partial charge in [-0.2, -0.15) is 5.10 Å². The predicted octanol–water partition coefficient (Wildman–Crippen LogP) is 3.44. The molecule has 3 aromatic rings. The van der Waals surface area contributed by atoms with Crippen LogP contribution in [-0.2, 0) is 9.59 Å². The highest BCUT2D eigenvalue weighted by atomic mass is 16.2.